The van der Waals surface area contributed by atoms with E-state index in [0.29, 0.717) is 11.2 Å². The Bertz CT molecular complexity index is 622. The molecule has 23 heavy (non-hydrogen) atoms. The van der Waals surface area contributed by atoms with Crippen LogP contribution in [0.5, 0.6) is 0 Å². The van der Waals surface area contributed by atoms with Crippen LogP contribution >= 0.6 is 23.6 Å². The van der Waals surface area contributed by atoms with Crippen LogP contribution in [-0.2, 0) is 0 Å². The van der Waals surface area contributed by atoms with E-state index in [1.807, 2.05) is 0 Å². The van der Waals surface area contributed by atoms with E-state index in [9.17, 15) is 4.39 Å². The van der Waals surface area contributed by atoms with Crippen molar-refractivity contribution in [3.05, 3.63) is 52.5 Å². The summed E-state index contributed by atoms with van der Waals surface area (Å²) in [5, 5.41) is 9.09. The highest BCUT2D eigenvalue weighted by Crippen LogP contribution is 2.27. The Balaban J connectivity index is 1.57. The molecule has 3 nitrogen and oxygen atoms in total. The molecule has 1 aliphatic heterocycles. The summed E-state index contributed by atoms with van der Waals surface area (Å²) in [7, 11) is 0. The van der Waals surface area contributed by atoms with Crippen molar-refractivity contribution in [2.24, 2.45) is 0 Å². The molecule has 2 aromatic rings. The maximum atomic E-state index is 12.9. The summed E-state index contributed by atoms with van der Waals surface area (Å²) in [5.74, 6) is -0.249. The predicted molar refractivity (Wildman–Crippen MR) is 98.5 cm³/mol. The zero-order chi connectivity index (χ0) is 16.1. The number of anilines is 1. The van der Waals surface area contributed by atoms with Gasteiger partial charge in [0, 0.05) is 17.1 Å². The second kappa shape index (κ2) is 7.86. The first-order chi connectivity index (χ1) is 11.2. The van der Waals surface area contributed by atoms with E-state index < -0.39 is 0 Å². The predicted octanol–water partition coefficient (Wildman–Crippen LogP) is 4.01. The molecule has 1 fully saturated rings. The fraction of sp³-hybridized carbons (Fsp3) is 0.353. The Labute approximate surface area is 145 Å². The minimum Gasteiger partial charge on any atom is -0.360 e. The maximum Gasteiger partial charge on any atom is 0.170 e. The van der Waals surface area contributed by atoms with Crippen molar-refractivity contribution in [2.45, 2.75) is 18.9 Å². The molecule has 2 heterocycles. The molecule has 0 spiro atoms. The second-order valence-corrected chi connectivity index (χ2v) is 7.00. The van der Waals surface area contributed by atoms with Crippen LogP contribution in [0.25, 0.3) is 0 Å². The fourth-order valence-corrected chi connectivity index (χ4v) is 3.90. The molecule has 6 heteroatoms. The van der Waals surface area contributed by atoms with Crippen LogP contribution in [0, 0.1) is 5.82 Å². The van der Waals surface area contributed by atoms with Crippen LogP contribution in [-0.4, -0.2) is 29.6 Å². The van der Waals surface area contributed by atoms with Gasteiger partial charge >= 0.3 is 0 Å². The van der Waals surface area contributed by atoms with Gasteiger partial charge in [0.15, 0.2) is 5.11 Å². The number of thiophene rings is 1. The summed E-state index contributed by atoms with van der Waals surface area (Å²) in [6, 6.07) is 10.8. The minimum absolute atomic E-state index is 0.249. The molecule has 1 aromatic heterocycles. The Kier molecular flexibility index (Phi) is 5.59. The minimum atomic E-state index is -0.249. The number of rotatable bonds is 5. The Morgan fingerprint density at radius 2 is 1.96 bits per heavy atom. The number of likely N-dealkylation sites (tertiary alicyclic amines) is 1. The molecule has 0 bridgehead atoms. The van der Waals surface area contributed by atoms with E-state index in [1.165, 1.54) is 29.9 Å². The molecule has 0 amide bonds. The van der Waals surface area contributed by atoms with Crippen molar-refractivity contribution < 1.29 is 4.39 Å². The average molecular weight is 350 g/mol. The van der Waals surface area contributed by atoms with Crippen LogP contribution < -0.4 is 10.6 Å². The van der Waals surface area contributed by atoms with Crippen LogP contribution in [0.1, 0.15) is 23.8 Å². The number of hydrogen-bond acceptors (Lipinski definition) is 3. The highest BCUT2D eigenvalue weighted by molar-refractivity contribution is 7.80. The monoisotopic (exact) mass is 349 g/mol. The molecule has 0 unspecified atom stereocenters. The molecule has 1 saturated heterocycles. The summed E-state index contributed by atoms with van der Waals surface area (Å²) in [5.41, 5.74) is 0.790. The molecule has 0 radical (unpaired) electrons. The van der Waals surface area contributed by atoms with Gasteiger partial charge in [-0.25, -0.2) is 4.39 Å². The van der Waals surface area contributed by atoms with Crippen molar-refractivity contribution in [1.82, 2.24) is 10.2 Å². The van der Waals surface area contributed by atoms with Gasteiger partial charge in [0.25, 0.3) is 0 Å². The first-order valence-electron chi connectivity index (χ1n) is 7.80. The lowest BCUT2D eigenvalue weighted by Gasteiger charge is -2.27. The van der Waals surface area contributed by atoms with Crippen molar-refractivity contribution in [1.29, 1.82) is 0 Å². The summed E-state index contributed by atoms with van der Waals surface area (Å²) >= 11 is 7.15. The van der Waals surface area contributed by atoms with Crippen molar-refractivity contribution in [3.63, 3.8) is 0 Å². The van der Waals surface area contributed by atoms with Gasteiger partial charge in [0.2, 0.25) is 0 Å². The third-order valence-corrected chi connectivity index (χ3v) is 5.23. The van der Waals surface area contributed by atoms with Gasteiger partial charge in [0.05, 0.1) is 6.04 Å². The SMILES string of the molecule is Fc1ccc(NC(=S)NC[C@H](c2cccs2)N2CCCC2)cc1. The number of nitrogens with one attached hydrogen (secondary N) is 2. The van der Waals surface area contributed by atoms with E-state index in [-0.39, 0.29) is 5.82 Å². The summed E-state index contributed by atoms with van der Waals surface area (Å²) < 4.78 is 12.9. The van der Waals surface area contributed by atoms with Gasteiger partial charge in [-0.3, -0.25) is 4.90 Å². The summed E-state index contributed by atoms with van der Waals surface area (Å²) in [6.45, 7) is 3.05. The van der Waals surface area contributed by atoms with Crippen molar-refractivity contribution in [2.75, 3.05) is 25.0 Å². The molecular formula is C17H20FN3S2. The standard InChI is InChI=1S/C17H20FN3S2/c18-13-5-7-14(8-6-13)20-17(22)19-12-15(16-4-3-11-23-16)21-9-1-2-10-21/h3-8,11,15H,1-2,9-10,12H2,(H2,19,20,22)/t15-/m1/s1. The zero-order valence-corrected chi connectivity index (χ0v) is 14.4. The zero-order valence-electron chi connectivity index (χ0n) is 12.8. The molecule has 0 aliphatic carbocycles. The largest absolute Gasteiger partial charge is 0.360 e. The topological polar surface area (TPSA) is 27.3 Å². The van der Waals surface area contributed by atoms with E-state index >= 15 is 0 Å². The molecule has 122 valence electrons. The first kappa shape index (κ1) is 16.4. The van der Waals surface area contributed by atoms with E-state index in [1.54, 1.807) is 23.5 Å². The first-order valence-corrected chi connectivity index (χ1v) is 9.09. The van der Waals surface area contributed by atoms with Crippen molar-refractivity contribution >= 4 is 34.4 Å². The highest BCUT2D eigenvalue weighted by atomic mass is 32.1. The molecule has 1 atom stereocenters. The van der Waals surface area contributed by atoms with Crippen LogP contribution in [0.3, 0.4) is 0 Å². The molecule has 1 aromatic carbocycles. The lowest BCUT2D eigenvalue weighted by molar-refractivity contribution is 0.249. The number of hydrogen-bond donors (Lipinski definition) is 2. The fourth-order valence-electron chi connectivity index (χ4n) is 2.84. The highest BCUT2D eigenvalue weighted by Gasteiger charge is 2.24. The molecule has 0 saturated carbocycles. The van der Waals surface area contributed by atoms with E-state index in [2.05, 4.69) is 33.0 Å². The lowest BCUT2D eigenvalue weighted by atomic mass is 10.2. The second-order valence-electron chi connectivity index (χ2n) is 5.62. The normalized spacial score (nSPS) is 16.2. The molecule has 3 rings (SSSR count). The Morgan fingerprint density at radius 3 is 2.61 bits per heavy atom. The Hall–Kier alpha value is -1.50. The molecular weight excluding hydrogens is 329 g/mol. The smallest absolute Gasteiger partial charge is 0.170 e. The lowest BCUT2D eigenvalue weighted by Crippen LogP contribution is -2.38. The Morgan fingerprint density at radius 1 is 1.22 bits per heavy atom. The van der Waals surface area contributed by atoms with Gasteiger partial charge in [-0.1, -0.05) is 6.07 Å². The summed E-state index contributed by atoms with van der Waals surface area (Å²) in [6.07, 6.45) is 2.53. The van der Waals surface area contributed by atoms with E-state index in [0.717, 1.165) is 25.3 Å². The number of halogens is 1. The molecule has 2 N–H and O–H groups in total. The van der Waals surface area contributed by atoms with Crippen LogP contribution in [0.15, 0.2) is 41.8 Å². The average Bonchev–Trinajstić information content (AvgIpc) is 3.24. The third kappa shape index (κ3) is 4.50. The van der Waals surface area contributed by atoms with Crippen molar-refractivity contribution in [3.8, 4) is 0 Å². The van der Waals surface area contributed by atoms with Gasteiger partial charge in [-0.15, -0.1) is 11.3 Å². The molecule has 1 aliphatic rings. The van der Waals surface area contributed by atoms with Crippen LogP contribution in [0.2, 0.25) is 0 Å². The summed E-state index contributed by atoms with van der Waals surface area (Å²) in [4.78, 5) is 3.88. The number of nitrogens with zero attached hydrogens (tertiary/aromatic N) is 1. The maximum absolute atomic E-state index is 12.9. The van der Waals surface area contributed by atoms with Gasteiger partial charge in [0.1, 0.15) is 5.82 Å². The third-order valence-electron chi connectivity index (χ3n) is 4.01. The number of benzene rings is 1. The van der Waals surface area contributed by atoms with Gasteiger partial charge < -0.3 is 10.6 Å². The number of thiocarbonyl (C=S) groups is 1. The van der Waals surface area contributed by atoms with Gasteiger partial charge in [-0.05, 0) is 73.9 Å². The van der Waals surface area contributed by atoms with E-state index in [4.69, 9.17) is 12.2 Å². The quantitative estimate of drug-likeness (QED) is 0.798. The van der Waals surface area contributed by atoms with Crippen LogP contribution in [0.4, 0.5) is 10.1 Å². The van der Waals surface area contributed by atoms with Gasteiger partial charge in [-0.2, -0.15) is 0 Å².